The molecule has 0 aliphatic carbocycles. The summed E-state index contributed by atoms with van der Waals surface area (Å²) in [6, 6.07) is 2.17. The molecule has 0 aliphatic heterocycles. The van der Waals surface area contributed by atoms with Crippen molar-refractivity contribution in [1.82, 2.24) is 10.3 Å². The van der Waals surface area contributed by atoms with Crippen molar-refractivity contribution in [3.8, 4) is 0 Å². The van der Waals surface area contributed by atoms with Crippen molar-refractivity contribution in [1.29, 1.82) is 0 Å². The third-order valence-corrected chi connectivity index (χ3v) is 4.83. The predicted molar refractivity (Wildman–Crippen MR) is 73.5 cm³/mol. The van der Waals surface area contributed by atoms with Gasteiger partial charge in [-0.15, -0.1) is 11.3 Å². The van der Waals surface area contributed by atoms with E-state index in [1.54, 1.807) is 22.7 Å². The third-order valence-electron chi connectivity index (χ3n) is 2.04. The molecular formula is C11H14N2S3. The minimum Gasteiger partial charge on any atom is -0.313 e. The van der Waals surface area contributed by atoms with Crippen LogP contribution in [0.5, 0.6) is 0 Å². The molecule has 2 aromatic rings. The van der Waals surface area contributed by atoms with Crippen LogP contribution in [0.1, 0.15) is 12.0 Å². The molecule has 5 heteroatoms. The van der Waals surface area contributed by atoms with Crippen molar-refractivity contribution in [2.75, 3.05) is 12.3 Å². The molecule has 0 unspecified atom stereocenters. The highest BCUT2D eigenvalue weighted by atomic mass is 32.2. The summed E-state index contributed by atoms with van der Waals surface area (Å²) in [4.78, 5) is 4.24. The number of thiazole rings is 1. The highest BCUT2D eigenvalue weighted by Crippen LogP contribution is 2.20. The van der Waals surface area contributed by atoms with Crippen LogP contribution < -0.4 is 5.32 Å². The Morgan fingerprint density at radius 3 is 3.12 bits per heavy atom. The number of hydrogen-bond acceptors (Lipinski definition) is 5. The van der Waals surface area contributed by atoms with Gasteiger partial charge in [0.05, 0.1) is 0 Å². The van der Waals surface area contributed by atoms with Crippen LogP contribution in [0.4, 0.5) is 0 Å². The molecule has 2 heterocycles. The zero-order valence-corrected chi connectivity index (χ0v) is 11.3. The highest BCUT2D eigenvalue weighted by molar-refractivity contribution is 8.00. The second-order valence-corrected chi connectivity index (χ2v) is 6.33. The second-order valence-electron chi connectivity index (χ2n) is 3.31. The average Bonchev–Trinajstić information content (AvgIpc) is 2.96. The van der Waals surface area contributed by atoms with Gasteiger partial charge in [-0.2, -0.15) is 11.3 Å². The summed E-state index contributed by atoms with van der Waals surface area (Å²) in [5.74, 6) is 1.14. The number of nitrogens with one attached hydrogen (secondary N) is 1. The SMILES string of the molecule is c1csc(SCCCNCc2ccsc2)n1. The Kier molecular flexibility index (Phi) is 5.34. The molecule has 0 saturated heterocycles. The monoisotopic (exact) mass is 270 g/mol. The second kappa shape index (κ2) is 7.06. The summed E-state index contributed by atoms with van der Waals surface area (Å²) in [5, 5.41) is 9.78. The summed E-state index contributed by atoms with van der Waals surface area (Å²) < 4.78 is 1.18. The van der Waals surface area contributed by atoms with E-state index in [9.17, 15) is 0 Å². The minimum absolute atomic E-state index is 0.991. The summed E-state index contributed by atoms with van der Waals surface area (Å²) in [6.07, 6.45) is 3.05. The number of aromatic nitrogens is 1. The molecule has 86 valence electrons. The van der Waals surface area contributed by atoms with Crippen LogP contribution in [-0.4, -0.2) is 17.3 Å². The first kappa shape index (κ1) is 12.1. The fraction of sp³-hybridized carbons (Fsp3) is 0.364. The molecule has 0 saturated carbocycles. The molecule has 0 atom stereocenters. The Balaban J connectivity index is 1.49. The van der Waals surface area contributed by atoms with Crippen molar-refractivity contribution < 1.29 is 0 Å². The van der Waals surface area contributed by atoms with Crippen LogP contribution in [0.2, 0.25) is 0 Å². The van der Waals surface area contributed by atoms with Gasteiger partial charge in [0.25, 0.3) is 0 Å². The van der Waals surface area contributed by atoms with Crippen molar-refractivity contribution in [3.05, 3.63) is 34.0 Å². The largest absolute Gasteiger partial charge is 0.313 e. The van der Waals surface area contributed by atoms with Crippen molar-refractivity contribution in [2.24, 2.45) is 0 Å². The van der Waals surface area contributed by atoms with E-state index in [0.29, 0.717) is 0 Å². The molecule has 0 fully saturated rings. The van der Waals surface area contributed by atoms with Crippen LogP contribution in [0.3, 0.4) is 0 Å². The van der Waals surface area contributed by atoms with E-state index >= 15 is 0 Å². The van der Waals surface area contributed by atoms with Crippen LogP contribution in [0.15, 0.2) is 32.7 Å². The van der Waals surface area contributed by atoms with Gasteiger partial charge in [0.15, 0.2) is 0 Å². The van der Waals surface area contributed by atoms with E-state index < -0.39 is 0 Å². The first-order valence-electron chi connectivity index (χ1n) is 5.19. The maximum Gasteiger partial charge on any atom is 0.149 e. The first-order chi connectivity index (χ1) is 7.95. The van der Waals surface area contributed by atoms with Gasteiger partial charge in [-0.3, -0.25) is 0 Å². The Hall–Kier alpha value is -0.360. The standard InChI is InChI=1S/C11H14N2S3/c1(5-15-11-13-4-7-16-11)3-12-8-10-2-6-14-9-10/h2,4,6-7,9,12H,1,3,5,8H2. The van der Waals surface area contributed by atoms with E-state index in [0.717, 1.165) is 18.8 Å². The number of nitrogens with zero attached hydrogens (tertiary/aromatic N) is 1. The minimum atomic E-state index is 0.991. The van der Waals surface area contributed by atoms with Crippen LogP contribution in [0, 0.1) is 0 Å². The molecule has 0 amide bonds. The normalized spacial score (nSPS) is 10.8. The highest BCUT2D eigenvalue weighted by Gasteiger charge is 1.96. The molecule has 2 aromatic heterocycles. The topological polar surface area (TPSA) is 24.9 Å². The van der Waals surface area contributed by atoms with E-state index in [4.69, 9.17) is 0 Å². The Morgan fingerprint density at radius 2 is 2.38 bits per heavy atom. The molecule has 0 aromatic carbocycles. The zero-order chi connectivity index (χ0) is 11.1. The first-order valence-corrected chi connectivity index (χ1v) is 8.00. The van der Waals surface area contributed by atoms with Crippen molar-refractivity contribution in [3.63, 3.8) is 0 Å². The maximum absolute atomic E-state index is 4.24. The Morgan fingerprint density at radius 1 is 1.38 bits per heavy atom. The molecule has 0 radical (unpaired) electrons. The van der Waals surface area contributed by atoms with Crippen LogP contribution in [0.25, 0.3) is 0 Å². The number of hydrogen-bond donors (Lipinski definition) is 1. The Labute approximate surface area is 108 Å². The average molecular weight is 270 g/mol. The van der Waals surface area contributed by atoms with Crippen LogP contribution in [-0.2, 0) is 6.54 Å². The van der Waals surface area contributed by atoms with Crippen molar-refractivity contribution >= 4 is 34.4 Å². The van der Waals surface area contributed by atoms with E-state index in [1.165, 1.54) is 16.3 Å². The number of thioether (sulfide) groups is 1. The maximum atomic E-state index is 4.24. The molecule has 2 nitrogen and oxygen atoms in total. The Bertz CT molecular complexity index is 332. The van der Waals surface area contributed by atoms with E-state index in [1.807, 2.05) is 23.3 Å². The fourth-order valence-electron chi connectivity index (χ4n) is 1.26. The van der Waals surface area contributed by atoms with Gasteiger partial charge in [0.2, 0.25) is 0 Å². The molecule has 0 spiro atoms. The number of rotatable bonds is 7. The van der Waals surface area contributed by atoms with Gasteiger partial charge in [0.1, 0.15) is 4.34 Å². The lowest BCUT2D eigenvalue weighted by Crippen LogP contribution is -2.14. The lowest BCUT2D eigenvalue weighted by Gasteiger charge is -2.02. The molecular weight excluding hydrogens is 256 g/mol. The van der Waals surface area contributed by atoms with E-state index in [2.05, 4.69) is 27.1 Å². The third kappa shape index (κ3) is 4.25. The summed E-state index contributed by atoms with van der Waals surface area (Å²) in [7, 11) is 0. The fourth-order valence-corrected chi connectivity index (χ4v) is 3.58. The molecule has 1 N–H and O–H groups in total. The lowest BCUT2D eigenvalue weighted by molar-refractivity contribution is 0.680. The summed E-state index contributed by atoms with van der Waals surface area (Å²) in [6.45, 7) is 2.07. The number of thiophene rings is 1. The van der Waals surface area contributed by atoms with Gasteiger partial charge >= 0.3 is 0 Å². The van der Waals surface area contributed by atoms with Crippen LogP contribution >= 0.6 is 34.4 Å². The van der Waals surface area contributed by atoms with Gasteiger partial charge in [-0.25, -0.2) is 4.98 Å². The summed E-state index contributed by atoms with van der Waals surface area (Å²) in [5.41, 5.74) is 1.39. The molecule has 0 aliphatic rings. The lowest BCUT2D eigenvalue weighted by atomic mass is 10.3. The van der Waals surface area contributed by atoms with E-state index in [-0.39, 0.29) is 0 Å². The van der Waals surface area contributed by atoms with Gasteiger partial charge in [0, 0.05) is 23.9 Å². The van der Waals surface area contributed by atoms with Gasteiger partial charge in [-0.1, -0.05) is 11.8 Å². The van der Waals surface area contributed by atoms with Gasteiger partial charge in [-0.05, 0) is 35.4 Å². The van der Waals surface area contributed by atoms with Gasteiger partial charge < -0.3 is 5.32 Å². The molecule has 16 heavy (non-hydrogen) atoms. The molecule has 2 rings (SSSR count). The van der Waals surface area contributed by atoms with Crippen molar-refractivity contribution in [2.45, 2.75) is 17.3 Å². The predicted octanol–water partition coefficient (Wildman–Crippen LogP) is 3.48. The zero-order valence-electron chi connectivity index (χ0n) is 8.89. The summed E-state index contributed by atoms with van der Waals surface area (Å²) >= 11 is 5.32. The smallest absolute Gasteiger partial charge is 0.149 e. The molecule has 0 bridgehead atoms. The quantitative estimate of drug-likeness (QED) is 0.616.